The third-order valence-electron chi connectivity index (χ3n) is 7.90. The number of aliphatic hydroxyl groups excluding tert-OH is 1. The molecule has 2 rings (SSSR count). The van der Waals surface area contributed by atoms with Gasteiger partial charge in [-0.15, -0.1) is 0 Å². The number of amides is 1. The molecule has 10 atom stereocenters. The predicted molar refractivity (Wildman–Crippen MR) is 153 cm³/mol. The Labute approximate surface area is 243 Å². The van der Waals surface area contributed by atoms with Crippen molar-refractivity contribution in [2.75, 3.05) is 0 Å². The number of hydrogen-bond donors (Lipinski definition) is 3. The predicted octanol–water partition coefficient (Wildman–Crippen LogP) is 4.12. The molecule has 0 bridgehead atoms. The van der Waals surface area contributed by atoms with E-state index in [4.69, 9.17) is 24.7 Å². The first kappa shape index (κ1) is 34.5. The highest BCUT2D eigenvalue weighted by atomic mass is 16.6. The van der Waals surface area contributed by atoms with Crippen molar-refractivity contribution >= 4 is 18.0 Å². The van der Waals surface area contributed by atoms with Crippen LogP contribution in [0.2, 0.25) is 0 Å². The maximum absolute atomic E-state index is 12.9. The fourth-order valence-electron chi connectivity index (χ4n) is 5.22. The van der Waals surface area contributed by atoms with Crippen LogP contribution in [0.1, 0.15) is 80.6 Å². The van der Waals surface area contributed by atoms with Gasteiger partial charge in [0.15, 0.2) is 0 Å². The summed E-state index contributed by atoms with van der Waals surface area (Å²) in [5, 5.41) is 21.2. The Morgan fingerprint density at radius 3 is 2.54 bits per heavy atom. The van der Waals surface area contributed by atoms with E-state index in [-0.39, 0.29) is 55.3 Å². The van der Waals surface area contributed by atoms with Gasteiger partial charge in [-0.25, -0.2) is 4.79 Å². The number of primary amides is 1. The molecule has 41 heavy (non-hydrogen) atoms. The number of allylic oxidation sites excluding steroid dienone is 3. The molecule has 0 radical (unpaired) electrons. The number of cyclic esters (lactones) is 1. The lowest BCUT2D eigenvalue weighted by molar-refractivity contribution is -0.157. The first-order valence-corrected chi connectivity index (χ1v) is 14.6. The highest BCUT2D eigenvalue weighted by Crippen LogP contribution is 2.36. The molecule has 10 nitrogen and oxygen atoms in total. The number of nitrogens with two attached hydrogens (primary N) is 1. The second kappa shape index (κ2) is 15.5. The van der Waals surface area contributed by atoms with Gasteiger partial charge >= 0.3 is 18.0 Å². The van der Waals surface area contributed by atoms with E-state index in [0.717, 1.165) is 12.0 Å². The zero-order valence-electron chi connectivity index (χ0n) is 25.4. The highest BCUT2D eigenvalue weighted by Gasteiger charge is 2.45. The quantitative estimate of drug-likeness (QED) is 0.114. The van der Waals surface area contributed by atoms with Crippen LogP contribution >= 0.6 is 0 Å². The third-order valence-corrected chi connectivity index (χ3v) is 7.90. The molecule has 1 fully saturated rings. The van der Waals surface area contributed by atoms with Crippen LogP contribution in [0.15, 0.2) is 36.0 Å². The van der Waals surface area contributed by atoms with Gasteiger partial charge in [0, 0.05) is 18.8 Å². The number of esters is 2. The van der Waals surface area contributed by atoms with Gasteiger partial charge in [0.2, 0.25) is 0 Å². The third kappa shape index (κ3) is 11.2. The Morgan fingerprint density at radius 2 is 1.93 bits per heavy atom. The van der Waals surface area contributed by atoms with Crippen molar-refractivity contribution in [1.29, 1.82) is 0 Å². The number of aliphatic hydroxyl groups is 2. The molecule has 0 aromatic carbocycles. The van der Waals surface area contributed by atoms with E-state index >= 15 is 0 Å². The average molecular weight is 580 g/mol. The van der Waals surface area contributed by atoms with Crippen molar-refractivity contribution in [3.05, 3.63) is 36.0 Å². The van der Waals surface area contributed by atoms with Gasteiger partial charge in [0.1, 0.15) is 23.9 Å². The van der Waals surface area contributed by atoms with Crippen molar-refractivity contribution in [3.63, 3.8) is 0 Å². The molecule has 1 amide bonds. The normalized spacial score (nSPS) is 33.6. The standard InChI is InChI=1S/C31H49NO9/c1-8-24(34)21(5)29-25(40-29)16-18(2)10-9-11-19(3)28-20(4)12-13-26(38-22(6)33)31(7,37)15-14-23(39-30(32)36)17-27(35)41-28/h9-13,18,20-21,23-26,28-29,34,37H,8,14-17H2,1-7H3,(H2,32,36). The number of epoxide rings is 1. The Bertz CT molecular complexity index is 988. The molecule has 10 heteroatoms. The second-order valence-corrected chi connectivity index (χ2v) is 11.8. The van der Waals surface area contributed by atoms with E-state index in [1.54, 1.807) is 12.2 Å². The minimum atomic E-state index is -1.49. The molecule has 4 N–H and O–H groups in total. The number of hydrogen-bond acceptors (Lipinski definition) is 9. The van der Waals surface area contributed by atoms with Crippen molar-refractivity contribution in [3.8, 4) is 0 Å². The van der Waals surface area contributed by atoms with E-state index in [1.807, 2.05) is 39.8 Å². The number of rotatable bonds is 10. The SMILES string of the molecule is CCC(O)C(C)C1OC1CC(C)C=CC=C(C)C1OC(=O)CC(OC(N)=O)CCC(C)(O)C(OC(C)=O)C=CC1C. The maximum atomic E-state index is 12.9. The molecule has 0 aliphatic carbocycles. The highest BCUT2D eigenvalue weighted by molar-refractivity contribution is 5.71. The summed E-state index contributed by atoms with van der Waals surface area (Å²) >= 11 is 0. The fourth-order valence-corrected chi connectivity index (χ4v) is 5.22. The summed E-state index contributed by atoms with van der Waals surface area (Å²) in [5.41, 5.74) is 4.50. The molecule has 0 aromatic rings. The lowest BCUT2D eigenvalue weighted by Gasteiger charge is -2.33. The minimum absolute atomic E-state index is 0.0744. The van der Waals surface area contributed by atoms with Crippen LogP contribution in [0, 0.1) is 17.8 Å². The van der Waals surface area contributed by atoms with Crippen LogP contribution in [0.5, 0.6) is 0 Å². The van der Waals surface area contributed by atoms with Crippen molar-refractivity contribution < 1.29 is 43.5 Å². The lowest BCUT2D eigenvalue weighted by Crippen LogP contribution is -2.42. The number of carbonyl (C=O) groups is 3. The van der Waals surface area contributed by atoms with Gasteiger partial charge in [0.25, 0.3) is 0 Å². The maximum Gasteiger partial charge on any atom is 0.404 e. The van der Waals surface area contributed by atoms with Crippen LogP contribution in [0.4, 0.5) is 4.79 Å². The van der Waals surface area contributed by atoms with E-state index < -0.39 is 41.9 Å². The molecular weight excluding hydrogens is 530 g/mol. The summed E-state index contributed by atoms with van der Waals surface area (Å²) in [5.74, 6) is -1.12. The fraction of sp³-hybridized carbons (Fsp3) is 0.710. The first-order valence-electron chi connectivity index (χ1n) is 14.6. The first-order chi connectivity index (χ1) is 19.1. The molecule has 0 spiro atoms. The summed E-state index contributed by atoms with van der Waals surface area (Å²) in [6, 6.07) is 0. The Balaban J connectivity index is 2.20. The van der Waals surface area contributed by atoms with Gasteiger partial charge in [-0.3, -0.25) is 9.59 Å². The smallest absolute Gasteiger partial charge is 0.404 e. The van der Waals surface area contributed by atoms with E-state index in [1.165, 1.54) is 13.8 Å². The van der Waals surface area contributed by atoms with E-state index in [0.29, 0.717) is 6.42 Å². The largest absolute Gasteiger partial charge is 0.457 e. The van der Waals surface area contributed by atoms with Crippen LogP contribution < -0.4 is 5.73 Å². The van der Waals surface area contributed by atoms with Crippen LogP contribution in [-0.2, 0) is 28.5 Å². The molecule has 2 aliphatic rings. The van der Waals surface area contributed by atoms with Crippen LogP contribution in [-0.4, -0.2) is 70.5 Å². The Kier molecular flexibility index (Phi) is 13.1. The zero-order valence-corrected chi connectivity index (χ0v) is 25.4. The average Bonchev–Trinajstić information content (AvgIpc) is 3.64. The monoisotopic (exact) mass is 579 g/mol. The molecule has 0 aromatic heterocycles. The van der Waals surface area contributed by atoms with E-state index in [2.05, 4.69) is 13.0 Å². The van der Waals surface area contributed by atoms with Gasteiger partial charge in [-0.2, -0.15) is 0 Å². The Morgan fingerprint density at radius 1 is 1.24 bits per heavy atom. The van der Waals surface area contributed by atoms with Crippen molar-refractivity contribution in [1.82, 2.24) is 0 Å². The topological polar surface area (TPSA) is 158 Å². The van der Waals surface area contributed by atoms with Gasteiger partial charge in [-0.1, -0.05) is 52.0 Å². The summed E-state index contributed by atoms with van der Waals surface area (Å²) < 4.78 is 22.2. The van der Waals surface area contributed by atoms with Gasteiger partial charge < -0.3 is 34.9 Å². The lowest BCUT2D eigenvalue weighted by atomic mass is 9.88. The van der Waals surface area contributed by atoms with Crippen molar-refractivity contribution in [2.45, 2.75) is 123 Å². The molecule has 10 unspecified atom stereocenters. The van der Waals surface area contributed by atoms with E-state index in [9.17, 15) is 24.6 Å². The molecule has 2 heterocycles. The molecule has 232 valence electrons. The van der Waals surface area contributed by atoms with Gasteiger partial charge in [-0.05, 0) is 57.1 Å². The van der Waals surface area contributed by atoms with Crippen molar-refractivity contribution in [2.24, 2.45) is 23.5 Å². The van der Waals surface area contributed by atoms with Crippen LogP contribution in [0.3, 0.4) is 0 Å². The minimum Gasteiger partial charge on any atom is -0.457 e. The number of ether oxygens (including phenoxy) is 4. The summed E-state index contributed by atoms with van der Waals surface area (Å²) in [7, 11) is 0. The Hall–Kier alpha value is -2.69. The van der Waals surface area contributed by atoms with Crippen LogP contribution in [0.25, 0.3) is 0 Å². The molecule has 2 aliphatic heterocycles. The second-order valence-electron chi connectivity index (χ2n) is 11.8. The summed E-state index contributed by atoms with van der Waals surface area (Å²) in [6.07, 6.45) is 6.99. The molecule has 0 saturated carbocycles. The molecule has 1 saturated heterocycles. The number of carbonyl (C=O) groups excluding carboxylic acids is 3. The molecular formula is C31H49NO9. The summed E-state index contributed by atoms with van der Waals surface area (Å²) in [4.78, 5) is 36.1. The zero-order chi connectivity index (χ0) is 30.9. The van der Waals surface area contributed by atoms with Gasteiger partial charge in [0.05, 0.1) is 24.7 Å². The summed E-state index contributed by atoms with van der Waals surface area (Å²) in [6.45, 7) is 12.6.